The van der Waals surface area contributed by atoms with Gasteiger partial charge in [-0.2, -0.15) is 8.78 Å². The van der Waals surface area contributed by atoms with E-state index in [-0.39, 0.29) is 24.3 Å². The van der Waals surface area contributed by atoms with E-state index in [9.17, 15) is 13.9 Å². The van der Waals surface area contributed by atoms with Crippen LogP contribution < -0.4 is 10.1 Å². The average Bonchev–Trinajstić information content (AvgIpc) is 2.32. The van der Waals surface area contributed by atoms with Crippen molar-refractivity contribution in [3.63, 3.8) is 0 Å². The van der Waals surface area contributed by atoms with Gasteiger partial charge in [-0.15, -0.1) is 0 Å². The second-order valence-corrected chi connectivity index (χ2v) is 4.98. The summed E-state index contributed by atoms with van der Waals surface area (Å²) in [5.74, 6) is 0.316. The predicted octanol–water partition coefficient (Wildman–Crippen LogP) is 3.05. The molecule has 0 saturated carbocycles. The topological polar surface area (TPSA) is 41.5 Å². The maximum absolute atomic E-state index is 12.3. The molecule has 1 aromatic rings. The van der Waals surface area contributed by atoms with Crippen LogP contribution in [-0.4, -0.2) is 24.4 Å². The highest BCUT2D eigenvalue weighted by Crippen LogP contribution is 2.24. The monoisotopic (exact) mass is 293 g/mol. The van der Waals surface area contributed by atoms with Crippen LogP contribution in [0.1, 0.15) is 19.4 Å². The number of benzene rings is 1. The predicted molar refractivity (Wildman–Crippen MR) is 70.6 cm³/mol. The van der Waals surface area contributed by atoms with Gasteiger partial charge in [-0.25, -0.2) is 0 Å². The first-order chi connectivity index (χ1) is 8.93. The molecule has 108 valence electrons. The van der Waals surface area contributed by atoms with Crippen molar-refractivity contribution in [1.82, 2.24) is 5.32 Å². The van der Waals surface area contributed by atoms with Crippen LogP contribution in [0.25, 0.3) is 0 Å². The Kier molecular flexibility index (Phi) is 6.48. The summed E-state index contributed by atoms with van der Waals surface area (Å²) in [6.07, 6.45) is 0. The van der Waals surface area contributed by atoms with E-state index in [0.717, 1.165) is 0 Å². The van der Waals surface area contributed by atoms with Gasteiger partial charge < -0.3 is 15.2 Å². The summed E-state index contributed by atoms with van der Waals surface area (Å²) in [4.78, 5) is 0. The summed E-state index contributed by atoms with van der Waals surface area (Å²) in [6, 6.07) is 4.36. The molecule has 0 aliphatic rings. The summed E-state index contributed by atoms with van der Waals surface area (Å²) in [5, 5.41) is 12.7. The zero-order valence-electron chi connectivity index (χ0n) is 10.9. The first kappa shape index (κ1) is 16.1. The fourth-order valence-corrected chi connectivity index (χ4v) is 1.84. The number of hydrogen-bond acceptors (Lipinski definition) is 3. The van der Waals surface area contributed by atoms with E-state index in [0.29, 0.717) is 17.1 Å². The Morgan fingerprint density at radius 3 is 2.58 bits per heavy atom. The molecule has 2 N–H and O–H groups in total. The molecule has 1 aromatic carbocycles. The standard InChI is InChI=1S/C13H18ClF2NO2/c1-8(2)11(7-18)17-6-9-5-10(14)3-4-12(9)19-13(15)16/h3-5,8,11,13,17-18H,6-7H2,1-2H3/t11-/m1/s1. The van der Waals surface area contributed by atoms with Gasteiger partial charge in [-0.05, 0) is 24.1 Å². The van der Waals surface area contributed by atoms with E-state index in [1.54, 1.807) is 6.07 Å². The van der Waals surface area contributed by atoms with Crippen LogP contribution in [0.3, 0.4) is 0 Å². The van der Waals surface area contributed by atoms with E-state index in [1.807, 2.05) is 13.8 Å². The number of aliphatic hydroxyl groups excluding tert-OH is 1. The van der Waals surface area contributed by atoms with Crippen molar-refractivity contribution in [3.05, 3.63) is 28.8 Å². The van der Waals surface area contributed by atoms with E-state index in [1.165, 1.54) is 12.1 Å². The summed E-state index contributed by atoms with van der Waals surface area (Å²) < 4.78 is 29.0. The van der Waals surface area contributed by atoms with Gasteiger partial charge in [-0.3, -0.25) is 0 Å². The fraction of sp³-hybridized carbons (Fsp3) is 0.538. The summed E-state index contributed by atoms with van der Waals surface area (Å²) in [6.45, 7) is 1.32. The van der Waals surface area contributed by atoms with Crippen LogP contribution in [0.15, 0.2) is 18.2 Å². The lowest BCUT2D eigenvalue weighted by Gasteiger charge is -2.21. The number of nitrogens with one attached hydrogen (secondary N) is 1. The van der Waals surface area contributed by atoms with Gasteiger partial charge in [0.1, 0.15) is 5.75 Å². The Labute approximate surface area is 116 Å². The fourth-order valence-electron chi connectivity index (χ4n) is 1.65. The van der Waals surface area contributed by atoms with Crippen molar-refractivity contribution in [2.24, 2.45) is 5.92 Å². The van der Waals surface area contributed by atoms with Gasteiger partial charge in [0, 0.05) is 23.2 Å². The van der Waals surface area contributed by atoms with Crippen LogP contribution in [0.2, 0.25) is 5.02 Å². The number of halogens is 3. The van der Waals surface area contributed by atoms with E-state index in [4.69, 9.17) is 11.6 Å². The maximum Gasteiger partial charge on any atom is 0.387 e. The Bertz CT molecular complexity index is 402. The molecule has 0 radical (unpaired) electrons. The molecular weight excluding hydrogens is 276 g/mol. The Balaban J connectivity index is 2.77. The van der Waals surface area contributed by atoms with Gasteiger partial charge in [0.05, 0.1) is 6.61 Å². The molecule has 0 aliphatic heterocycles. The van der Waals surface area contributed by atoms with E-state index >= 15 is 0 Å². The van der Waals surface area contributed by atoms with Crippen molar-refractivity contribution < 1.29 is 18.6 Å². The molecule has 3 nitrogen and oxygen atoms in total. The highest BCUT2D eigenvalue weighted by molar-refractivity contribution is 6.30. The quantitative estimate of drug-likeness (QED) is 0.812. The van der Waals surface area contributed by atoms with Gasteiger partial charge in [0.15, 0.2) is 0 Å². The summed E-state index contributed by atoms with van der Waals surface area (Å²) >= 11 is 5.84. The second-order valence-electron chi connectivity index (χ2n) is 4.54. The van der Waals surface area contributed by atoms with Crippen molar-refractivity contribution in [3.8, 4) is 5.75 Å². The molecule has 0 fully saturated rings. The number of rotatable bonds is 7. The molecule has 1 rings (SSSR count). The minimum atomic E-state index is -2.88. The van der Waals surface area contributed by atoms with Crippen LogP contribution in [0.5, 0.6) is 5.75 Å². The van der Waals surface area contributed by atoms with E-state index in [2.05, 4.69) is 10.1 Å². The third-order valence-electron chi connectivity index (χ3n) is 2.79. The van der Waals surface area contributed by atoms with Crippen LogP contribution in [-0.2, 0) is 6.54 Å². The third-order valence-corrected chi connectivity index (χ3v) is 3.03. The number of alkyl halides is 2. The molecule has 0 aliphatic carbocycles. The molecule has 0 heterocycles. The molecular formula is C13H18ClF2NO2. The number of hydrogen-bond donors (Lipinski definition) is 2. The summed E-state index contributed by atoms with van der Waals surface area (Å²) in [7, 11) is 0. The first-order valence-electron chi connectivity index (χ1n) is 6.01. The minimum absolute atomic E-state index is 0.0245. The zero-order valence-corrected chi connectivity index (χ0v) is 11.6. The third kappa shape index (κ3) is 5.30. The van der Waals surface area contributed by atoms with Gasteiger partial charge in [0.2, 0.25) is 0 Å². The summed E-state index contributed by atoms with van der Waals surface area (Å²) in [5.41, 5.74) is 0.534. The lowest BCUT2D eigenvalue weighted by Crippen LogP contribution is -2.36. The molecule has 0 amide bonds. The molecule has 0 bridgehead atoms. The van der Waals surface area contributed by atoms with Gasteiger partial charge in [-0.1, -0.05) is 25.4 Å². The second kappa shape index (κ2) is 7.62. The SMILES string of the molecule is CC(C)[C@@H](CO)NCc1cc(Cl)ccc1OC(F)F. The Morgan fingerprint density at radius 2 is 2.05 bits per heavy atom. The molecule has 0 aromatic heterocycles. The Morgan fingerprint density at radius 1 is 1.37 bits per heavy atom. The van der Waals surface area contributed by atoms with Crippen molar-refractivity contribution in [1.29, 1.82) is 0 Å². The molecule has 6 heteroatoms. The van der Waals surface area contributed by atoms with Crippen molar-refractivity contribution in [2.45, 2.75) is 33.0 Å². The zero-order chi connectivity index (χ0) is 14.4. The number of aliphatic hydroxyl groups is 1. The smallest absolute Gasteiger partial charge is 0.387 e. The molecule has 1 atom stereocenters. The highest BCUT2D eigenvalue weighted by atomic mass is 35.5. The molecule has 0 saturated heterocycles. The normalized spacial score (nSPS) is 13.1. The largest absolute Gasteiger partial charge is 0.434 e. The highest BCUT2D eigenvalue weighted by Gasteiger charge is 2.14. The van der Waals surface area contributed by atoms with Crippen molar-refractivity contribution in [2.75, 3.05) is 6.61 Å². The van der Waals surface area contributed by atoms with Crippen LogP contribution >= 0.6 is 11.6 Å². The van der Waals surface area contributed by atoms with Crippen molar-refractivity contribution >= 4 is 11.6 Å². The first-order valence-corrected chi connectivity index (χ1v) is 6.39. The average molecular weight is 294 g/mol. The minimum Gasteiger partial charge on any atom is -0.434 e. The molecule has 0 spiro atoms. The van der Waals surface area contributed by atoms with Gasteiger partial charge in [0.25, 0.3) is 0 Å². The van der Waals surface area contributed by atoms with Crippen LogP contribution in [0, 0.1) is 5.92 Å². The van der Waals surface area contributed by atoms with Crippen LogP contribution in [0.4, 0.5) is 8.78 Å². The molecule has 0 unspecified atom stereocenters. The van der Waals surface area contributed by atoms with Gasteiger partial charge >= 0.3 is 6.61 Å². The Hall–Kier alpha value is -0.910. The molecule has 19 heavy (non-hydrogen) atoms. The maximum atomic E-state index is 12.3. The van der Waals surface area contributed by atoms with E-state index < -0.39 is 6.61 Å². The lowest BCUT2D eigenvalue weighted by atomic mass is 10.0. The number of ether oxygens (including phenoxy) is 1. The lowest BCUT2D eigenvalue weighted by molar-refractivity contribution is -0.0505.